The number of benzene rings is 2. The Labute approximate surface area is 112 Å². The van der Waals surface area contributed by atoms with E-state index in [-0.39, 0.29) is 10.6 Å². The molecule has 0 aromatic heterocycles. The Hall–Kier alpha value is -2.32. The van der Waals surface area contributed by atoms with Crippen LogP contribution >= 0.6 is 0 Å². The number of anilines is 1. The van der Waals surface area contributed by atoms with Gasteiger partial charge < -0.3 is 5.73 Å². The first kappa shape index (κ1) is 13.1. The highest BCUT2D eigenvalue weighted by Gasteiger charge is 2.17. The highest BCUT2D eigenvalue weighted by atomic mass is 32.2. The quantitative estimate of drug-likeness (QED) is 0.867. The molecule has 2 N–H and O–H groups in total. The number of sulfone groups is 1. The minimum Gasteiger partial charge on any atom is -0.399 e. The van der Waals surface area contributed by atoms with E-state index < -0.39 is 9.84 Å². The molecule has 5 heteroatoms. The molecule has 0 atom stereocenters. The molecule has 2 aromatic carbocycles. The van der Waals surface area contributed by atoms with Gasteiger partial charge in [0.15, 0.2) is 9.84 Å². The largest absolute Gasteiger partial charge is 0.399 e. The van der Waals surface area contributed by atoms with Gasteiger partial charge in [0.25, 0.3) is 0 Å². The van der Waals surface area contributed by atoms with Gasteiger partial charge in [-0.05, 0) is 29.8 Å². The van der Waals surface area contributed by atoms with E-state index in [1.165, 1.54) is 12.1 Å². The molecule has 96 valence electrons. The van der Waals surface area contributed by atoms with E-state index in [9.17, 15) is 8.42 Å². The predicted molar refractivity (Wildman–Crippen MR) is 72.9 cm³/mol. The molecule has 4 nitrogen and oxygen atoms in total. The van der Waals surface area contributed by atoms with Gasteiger partial charge in [-0.2, -0.15) is 5.26 Å². The Morgan fingerprint density at radius 2 is 1.84 bits per heavy atom. The minimum atomic E-state index is -3.50. The van der Waals surface area contributed by atoms with Crippen molar-refractivity contribution in [1.29, 1.82) is 5.26 Å². The van der Waals surface area contributed by atoms with Crippen LogP contribution in [0.15, 0.2) is 53.4 Å². The molecule has 0 spiro atoms. The summed E-state index contributed by atoms with van der Waals surface area (Å²) in [5.41, 5.74) is 6.85. The van der Waals surface area contributed by atoms with E-state index >= 15 is 0 Å². The van der Waals surface area contributed by atoms with Gasteiger partial charge in [-0.3, -0.25) is 0 Å². The molecule has 2 rings (SSSR count). The smallest absolute Gasteiger partial charge is 0.182 e. The van der Waals surface area contributed by atoms with Crippen LogP contribution in [0.2, 0.25) is 0 Å². The number of hydrogen-bond donors (Lipinski definition) is 1. The number of nitrogens with two attached hydrogens (primary N) is 1. The second kappa shape index (κ2) is 5.12. The maximum atomic E-state index is 12.3. The molecule has 0 saturated carbocycles. The number of rotatable bonds is 3. The summed E-state index contributed by atoms with van der Waals surface area (Å²) in [6.07, 6.45) is 0. The third-order valence-corrected chi connectivity index (χ3v) is 4.36. The Kier molecular flexibility index (Phi) is 3.54. The van der Waals surface area contributed by atoms with E-state index in [0.717, 1.165) is 0 Å². The molecule has 0 aliphatic heterocycles. The van der Waals surface area contributed by atoms with Gasteiger partial charge in [-0.15, -0.1) is 0 Å². The van der Waals surface area contributed by atoms with E-state index in [1.54, 1.807) is 36.4 Å². The summed E-state index contributed by atoms with van der Waals surface area (Å²) in [5.74, 6) is -0.208. The highest BCUT2D eigenvalue weighted by molar-refractivity contribution is 7.90. The molecule has 0 saturated heterocycles. The number of nitrogens with zero attached hydrogens (tertiary/aromatic N) is 1. The second-order valence-electron chi connectivity index (χ2n) is 4.10. The fraction of sp³-hybridized carbons (Fsp3) is 0.0714. The third-order valence-electron chi connectivity index (χ3n) is 2.70. The van der Waals surface area contributed by atoms with Crippen molar-refractivity contribution >= 4 is 15.5 Å². The number of hydrogen-bond acceptors (Lipinski definition) is 4. The first-order valence-corrected chi connectivity index (χ1v) is 7.24. The van der Waals surface area contributed by atoms with Crippen LogP contribution in [0.1, 0.15) is 11.1 Å². The molecule has 0 unspecified atom stereocenters. The van der Waals surface area contributed by atoms with Gasteiger partial charge in [0.05, 0.1) is 22.3 Å². The summed E-state index contributed by atoms with van der Waals surface area (Å²) < 4.78 is 24.5. The van der Waals surface area contributed by atoms with Crippen molar-refractivity contribution < 1.29 is 8.42 Å². The molecule has 19 heavy (non-hydrogen) atoms. The molecule has 0 bridgehead atoms. The van der Waals surface area contributed by atoms with Crippen LogP contribution in [0.25, 0.3) is 0 Å². The summed E-state index contributed by atoms with van der Waals surface area (Å²) >= 11 is 0. The predicted octanol–water partition coefficient (Wildman–Crippen LogP) is 2.11. The lowest BCUT2D eigenvalue weighted by molar-refractivity contribution is 0.595. The zero-order chi connectivity index (χ0) is 13.9. The Morgan fingerprint density at radius 3 is 2.53 bits per heavy atom. The first-order chi connectivity index (χ1) is 9.03. The van der Waals surface area contributed by atoms with E-state index in [4.69, 9.17) is 11.0 Å². The lowest BCUT2D eigenvalue weighted by Gasteiger charge is -2.06. The van der Waals surface area contributed by atoms with Gasteiger partial charge in [-0.25, -0.2) is 8.42 Å². The summed E-state index contributed by atoms with van der Waals surface area (Å²) in [4.78, 5) is 0.167. The van der Waals surface area contributed by atoms with Gasteiger partial charge in [-0.1, -0.05) is 24.3 Å². The van der Waals surface area contributed by atoms with E-state index in [2.05, 4.69) is 0 Å². The van der Waals surface area contributed by atoms with E-state index in [1.807, 2.05) is 6.07 Å². The van der Waals surface area contributed by atoms with Crippen molar-refractivity contribution in [1.82, 2.24) is 0 Å². The lowest BCUT2D eigenvalue weighted by Crippen LogP contribution is -2.06. The van der Waals surface area contributed by atoms with Crippen LogP contribution < -0.4 is 5.73 Å². The summed E-state index contributed by atoms with van der Waals surface area (Å²) in [5, 5.41) is 8.97. The number of nitrogen functional groups attached to an aromatic ring is 1. The molecule has 0 aliphatic rings. The van der Waals surface area contributed by atoms with Crippen molar-refractivity contribution in [2.45, 2.75) is 10.6 Å². The van der Waals surface area contributed by atoms with Gasteiger partial charge in [0.2, 0.25) is 0 Å². The summed E-state index contributed by atoms with van der Waals surface area (Å²) in [7, 11) is -3.50. The fourth-order valence-electron chi connectivity index (χ4n) is 1.75. The Bertz CT molecular complexity index is 746. The second-order valence-corrected chi connectivity index (χ2v) is 6.09. The van der Waals surface area contributed by atoms with Crippen LogP contribution in [0.3, 0.4) is 0 Å². The zero-order valence-electron chi connectivity index (χ0n) is 10.1. The average Bonchev–Trinajstić information content (AvgIpc) is 2.39. The topological polar surface area (TPSA) is 84.0 Å². The summed E-state index contributed by atoms with van der Waals surface area (Å²) in [6, 6.07) is 14.8. The first-order valence-electron chi connectivity index (χ1n) is 5.59. The van der Waals surface area contributed by atoms with Gasteiger partial charge in [0, 0.05) is 5.69 Å². The maximum Gasteiger partial charge on any atom is 0.182 e. The minimum absolute atomic E-state index is 0.167. The third kappa shape index (κ3) is 2.92. The molecular weight excluding hydrogens is 260 g/mol. The molecule has 2 aromatic rings. The Morgan fingerprint density at radius 1 is 1.11 bits per heavy atom. The van der Waals surface area contributed by atoms with Crippen LogP contribution in [0.5, 0.6) is 0 Å². The van der Waals surface area contributed by atoms with Crippen LogP contribution in [-0.4, -0.2) is 8.42 Å². The van der Waals surface area contributed by atoms with Crippen LogP contribution in [0.4, 0.5) is 5.69 Å². The molecular formula is C14H12N2O2S. The lowest BCUT2D eigenvalue weighted by atomic mass is 10.1. The van der Waals surface area contributed by atoms with Crippen molar-refractivity contribution in [2.75, 3.05) is 5.73 Å². The highest BCUT2D eigenvalue weighted by Crippen LogP contribution is 2.20. The zero-order valence-corrected chi connectivity index (χ0v) is 10.9. The fourth-order valence-corrected chi connectivity index (χ4v) is 3.18. The average molecular weight is 272 g/mol. The standard InChI is InChI=1S/C14H12N2O2S/c15-9-11-4-1-2-5-12(11)10-19(17,18)14-7-3-6-13(16)8-14/h1-8H,10,16H2. The molecule has 0 aliphatic carbocycles. The van der Waals surface area contributed by atoms with Crippen LogP contribution in [0, 0.1) is 11.3 Å². The molecule has 0 radical (unpaired) electrons. The molecule has 0 amide bonds. The van der Waals surface area contributed by atoms with Crippen LogP contribution in [-0.2, 0) is 15.6 Å². The van der Waals surface area contributed by atoms with Crippen molar-refractivity contribution in [3.8, 4) is 6.07 Å². The van der Waals surface area contributed by atoms with E-state index in [0.29, 0.717) is 16.8 Å². The molecule has 0 heterocycles. The van der Waals surface area contributed by atoms with Gasteiger partial charge in [0.1, 0.15) is 0 Å². The number of nitriles is 1. The summed E-state index contributed by atoms with van der Waals surface area (Å²) in [6.45, 7) is 0. The van der Waals surface area contributed by atoms with Crippen molar-refractivity contribution in [3.63, 3.8) is 0 Å². The van der Waals surface area contributed by atoms with Crippen molar-refractivity contribution in [2.24, 2.45) is 0 Å². The maximum absolute atomic E-state index is 12.3. The monoisotopic (exact) mass is 272 g/mol. The van der Waals surface area contributed by atoms with Crippen molar-refractivity contribution in [3.05, 3.63) is 59.7 Å². The van der Waals surface area contributed by atoms with Gasteiger partial charge >= 0.3 is 0 Å². The molecule has 0 fully saturated rings. The SMILES string of the molecule is N#Cc1ccccc1CS(=O)(=O)c1cccc(N)c1. The normalized spacial score (nSPS) is 10.9. The Balaban J connectivity index is 2.40.